The van der Waals surface area contributed by atoms with E-state index in [1.807, 2.05) is 13.8 Å². The van der Waals surface area contributed by atoms with Crippen LogP contribution in [0.5, 0.6) is 0 Å². The molecule has 1 amide bonds. The van der Waals surface area contributed by atoms with Gasteiger partial charge in [0.1, 0.15) is 5.02 Å². The molecule has 0 fully saturated rings. The van der Waals surface area contributed by atoms with Crippen LogP contribution in [0, 0.1) is 10.1 Å². The van der Waals surface area contributed by atoms with Crippen LogP contribution in [0.4, 0.5) is 11.5 Å². The molecule has 7 nitrogen and oxygen atoms in total. The predicted molar refractivity (Wildman–Crippen MR) is 78.7 cm³/mol. The summed E-state index contributed by atoms with van der Waals surface area (Å²) in [6.07, 6.45) is 0. The third-order valence-corrected chi connectivity index (χ3v) is 3.28. The van der Waals surface area contributed by atoms with Crippen LogP contribution in [0.2, 0.25) is 5.02 Å². The first kappa shape index (κ1) is 15.0. The largest absolute Gasteiger partial charge is 0.305 e. The van der Waals surface area contributed by atoms with Gasteiger partial charge in [0, 0.05) is 17.8 Å². The van der Waals surface area contributed by atoms with E-state index in [4.69, 9.17) is 11.6 Å². The lowest BCUT2D eigenvalue weighted by molar-refractivity contribution is -0.384. The summed E-state index contributed by atoms with van der Waals surface area (Å²) < 4.78 is 0. The van der Waals surface area contributed by atoms with Gasteiger partial charge in [-0.2, -0.15) is 5.10 Å². The van der Waals surface area contributed by atoms with Crippen LogP contribution in [0.15, 0.2) is 24.3 Å². The summed E-state index contributed by atoms with van der Waals surface area (Å²) in [4.78, 5) is 22.3. The SMILES string of the molecule is CC(C)c1cc(NC(=O)c2cccc([N+](=O)[O-])c2Cl)n[nH]1. The van der Waals surface area contributed by atoms with Crippen molar-refractivity contribution in [1.82, 2.24) is 10.2 Å². The van der Waals surface area contributed by atoms with Gasteiger partial charge >= 0.3 is 0 Å². The quantitative estimate of drug-likeness (QED) is 0.668. The zero-order chi connectivity index (χ0) is 15.6. The zero-order valence-electron chi connectivity index (χ0n) is 11.4. The van der Waals surface area contributed by atoms with Crippen molar-refractivity contribution in [3.63, 3.8) is 0 Å². The van der Waals surface area contributed by atoms with Crippen molar-refractivity contribution >= 4 is 29.0 Å². The number of anilines is 1. The number of carbonyl (C=O) groups is 1. The molecule has 1 heterocycles. The number of nitro benzene ring substituents is 1. The van der Waals surface area contributed by atoms with Crippen molar-refractivity contribution in [2.24, 2.45) is 0 Å². The Kier molecular flexibility index (Phi) is 4.23. The molecule has 0 saturated heterocycles. The van der Waals surface area contributed by atoms with Crippen LogP contribution in [0.25, 0.3) is 0 Å². The Hall–Kier alpha value is -2.41. The molecule has 0 bridgehead atoms. The summed E-state index contributed by atoms with van der Waals surface area (Å²) in [6.45, 7) is 3.97. The molecule has 1 aromatic heterocycles. The van der Waals surface area contributed by atoms with Gasteiger partial charge in [0.05, 0.1) is 10.5 Å². The van der Waals surface area contributed by atoms with E-state index in [0.29, 0.717) is 5.82 Å². The standard InChI is InChI=1S/C13H13ClN4O3/c1-7(2)9-6-11(17-16-9)15-13(19)8-4-3-5-10(12(8)14)18(20)21/h3-7H,1-2H3,(H2,15,16,17,19). The van der Waals surface area contributed by atoms with E-state index in [1.54, 1.807) is 6.07 Å². The van der Waals surface area contributed by atoms with Crippen LogP contribution >= 0.6 is 11.6 Å². The minimum atomic E-state index is -0.634. The molecule has 2 aromatic rings. The van der Waals surface area contributed by atoms with Crippen LogP contribution in [-0.4, -0.2) is 21.0 Å². The van der Waals surface area contributed by atoms with E-state index in [-0.39, 0.29) is 22.2 Å². The van der Waals surface area contributed by atoms with Gasteiger partial charge in [-0.05, 0) is 12.0 Å². The fraction of sp³-hybridized carbons (Fsp3) is 0.231. The summed E-state index contributed by atoms with van der Waals surface area (Å²) >= 11 is 5.89. The normalized spacial score (nSPS) is 10.7. The Morgan fingerprint density at radius 2 is 2.19 bits per heavy atom. The molecule has 2 N–H and O–H groups in total. The summed E-state index contributed by atoms with van der Waals surface area (Å²) in [5.74, 6) is 0.0290. The first-order chi connectivity index (χ1) is 9.90. The molecule has 1 aromatic carbocycles. The Balaban J connectivity index is 2.24. The fourth-order valence-corrected chi connectivity index (χ4v) is 2.00. The number of carbonyl (C=O) groups excluding carboxylic acids is 1. The molecule has 0 aliphatic rings. The van der Waals surface area contributed by atoms with E-state index >= 15 is 0 Å². The number of halogens is 1. The summed E-state index contributed by atoms with van der Waals surface area (Å²) in [6, 6.07) is 5.77. The summed E-state index contributed by atoms with van der Waals surface area (Å²) in [5.41, 5.74) is 0.588. The minimum absolute atomic E-state index is 0.0277. The van der Waals surface area contributed by atoms with Gasteiger partial charge in [-0.25, -0.2) is 0 Å². The van der Waals surface area contributed by atoms with Crippen LogP contribution in [0.3, 0.4) is 0 Å². The van der Waals surface area contributed by atoms with Gasteiger partial charge in [0.2, 0.25) is 0 Å². The molecule has 0 atom stereocenters. The monoisotopic (exact) mass is 308 g/mol. The highest BCUT2D eigenvalue weighted by molar-refractivity contribution is 6.36. The average molecular weight is 309 g/mol. The maximum Gasteiger partial charge on any atom is 0.288 e. The van der Waals surface area contributed by atoms with Gasteiger partial charge in [0.25, 0.3) is 11.6 Å². The van der Waals surface area contributed by atoms with Crippen molar-refractivity contribution in [2.75, 3.05) is 5.32 Å². The molecule has 21 heavy (non-hydrogen) atoms. The molecule has 0 spiro atoms. The molecule has 0 unspecified atom stereocenters. The van der Waals surface area contributed by atoms with Gasteiger partial charge in [0.15, 0.2) is 5.82 Å². The second-order valence-corrected chi connectivity index (χ2v) is 5.09. The maximum atomic E-state index is 12.1. The smallest absolute Gasteiger partial charge is 0.288 e. The van der Waals surface area contributed by atoms with Gasteiger partial charge in [-0.1, -0.05) is 31.5 Å². The number of benzene rings is 1. The second kappa shape index (κ2) is 5.92. The number of nitrogens with one attached hydrogen (secondary N) is 2. The lowest BCUT2D eigenvalue weighted by Crippen LogP contribution is -2.13. The lowest BCUT2D eigenvalue weighted by Gasteiger charge is -2.04. The highest BCUT2D eigenvalue weighted by Gasteiger charge is 2.20. The number of aromatic amines is 1. The van der Waals surface area contributed by atoms with Gasteiger partial charge < -0.3 is 5.32 Å². The molecule has 0 radical (unpaired) electrons. The average Bonchev–Trinajstić information content (AvgIpc) is 2.87. The predicted octanol–water partition coefficient (Wildman–Crippen LogP) is 3.35. The van der Waals surface area contributed by atoms with E-state index in [0.717, 1.165) is 5.69 Å². The number of H-pyrrole nitrogens is 1. The Morgan fingerprint density at radius 1 is 1.48 bits per heavy atom. The highest BCUT2D eigenvalue weighted by Crippen LogP contribution is 2.28. The van der Waals surface area contributed by atoms with Crippen LogP contribution < -0.4 is 5.32 Å². The third-order valence-electron chi connectivity index (χ3n) is 2.88. The number of rotatable bonds is 4. The molecule has 2 rings (SSSR count). The molecular formula is C13H13ClN4O3. The molecule has 0 aliphatic heterocycles. The van der Waals surface area contributed by atoms with E-state index in [1.165, 1.54) is 18.2 Å². The number of hydrogen-bond donors (Lipinski definition) is 2. The van der Waals surface area contributed by atoms with Crippen molar-refractivity contribution < 1.29 is 9.72 Å². The molecule has 0 aliphatic carbocycles. The van der Waals surface area contributed by atoms with Crippen molar-refractivity contribution in [3.8, 4) is 0 Å². The van der Waals surface area contributed by atoms with Gasteiger partial charge in [-0.15, -0.1) is 0 Å². The molecule has 0 saturated carbocycles. The first-order valence-corrected chi connectivity index (χ1v) is 6.57. The number of amides is 1. The number of aromatic nitrogens is 2. The Morgan fingerprint density at radius 3 is 2.76 bits per heavy atom. The highest BCUT2D eigenvalue weighted by atomic mass is 35.5. The summed E-state index contributed by atoms with van der Waals surface area (Å²) in [7, 11) is 0. The molecule has 8 heteroatoms. The number of hydrogen-bond acceptors (Lipinski definition) is 4. The third kappa shape index (κ3) is 3.19. The lowest BCUT2D eigenvalue weighted by atomic mass is 10.1. The van der Waals surface area contributed by atoms with Crippen molar-refractivity contribution in [2.45, 2.75) is 19.8 Å². The zero-order valence-corrected chi connectivity index (χ0v) is 12.1. The fourth-order valence-electron chi connectivity index (χ4n) is 1.72. The topological polar surface area (TPSA) is 101 Å². The Labute approximate surface area is 125 Å². The second-order valence-electron chi connectivity index (χ2n) is 4.71. The number of nitro groups is 1. The number of nitrogens with zero attached hydrogens (tertiary/aromatic N) is 2. The van der Waals surface area contributed by atoms with Crippen molar-refractivity contribution in [3.05, 3.63) is 50.7 Å². The molecule has 110 valence electrons. The van der Waals surface area contributed by atoms with Gasteiger partial charge in [-0.3, -0.25) is 20.0 Å². The van der Waals surface area contributed by atoms with E-state index in [9.17, 15) is 14.9 Å². The van der Waals surface area contributed by atoms with Crippen LogP contribution in [-0.2, 0) is 0 Å². The van der Waals surface area contributed by atoms with E-state index in [2.05, 4.69) is 15.5 Å². The first-order valence-electron chi connectivity index (χ1n) is 6.19. The minimum Gasteiger partial charge on any atom is -0.305 e. The van der Waals surface area contributed by atoms with Crippen LogP contribution in [0.1, 0.15) is 35.8 Å². The maximum absolute atomic E-state index is 12.1. The van der Waals surface area contributed by atoms with E-state index < -0.39 is 10.8 Å². The summed E-state index contributed by atoms with van der Waals surface area (Å²) in [5, 5.41) is 19.9. The van der Waals surface area contributed by atoms with Crippen molar-refractivity contribution in [1.29, 1.82) is 0 Å². The molecular weight excluding hydrogens is 296 g/mol. The Bertz CT molecular complexity index is 696.